The molecule has 4 heterocycles. The first kappa shape index (κ1) is 30.5. The van der Waals surface area contributed by atoms with Gasteiger partial charge in [0.1, 0.15) is 24.5 Å². The molecule has 11 heteroatoms. The second-order valence-corrected chi connectivity index (χ2v) is 14.2. The first-order chi connectivity index (χ1) is 20.1. The lowest BCUT2D eigenvalue weighted by Gasteiger charge is -2.45. The quantitative estimate of drug-likeness (QED) is 0.225. The summed E-state index contributed by atoms with van der Waals surface area (Å²) in [5.41, 5.74) is 10.3. The molecule has 11 nitrogen and oxygen atoms in total. The van der Waals surface area contributed by atoms with Gasteiger partial charge < -0.3 is 31.3 Å². The summed E-state index contributed by atoms with van der Waals surface area (Å²) in [5, 5.41) is 36.3. The minimum atomic E-state index is -0.955. The summed E-state index contributed by atoms with van der Waals surface area (Å²) in [6, 6.07) is 7.27. The van der Waals surface area contributed by atoms with Crippen molar-refractivity contribution < 1.29 is 14.9 Å². The molecule has 5 aliphatic rings. The summed E-state index contributed by atoms with van der Waals surface area (Å²) in [4.78, 5) is 6.89. The van der Waals surface area contributed by atoms with Crippen LogP contribution in [0.15, 0.2) is 18.2 Å². The fourth-order valence-electron chi connectivity index (χ4n) is 7.72. The number of nitrogens with two attached hydrogens (primary N) is 1. The Hall–Kier alpha value is -1.54. The number of benzene rings is 1. The van der Waals surface area contributed by atoms with E-state index in [2.05, 4.69) is 88.8 Å². The number of rotatable bonds is 9. The summed E-state index contributed by atoms with van der Waals surface area (Å²) in [6.45, 7) is 14.7. The lowest BCUT2D eigenvalue weighted by molar-refractivity contribution is -0.132. The monoisotopic (exact) mass is 586 g/mol. The summed E-state index contributed by atoms with van der Waals surface area (Å²) in [7, 11) is 0. The zero-order valence-corrected chi connectivity index (χ0v) is 26.1. The van der Waals surface area contributed by atoms with Crippen molar-refractivity contribution in [2.45, 2.75) is 121 Å². The molecule has 6 rings (SSSR count). The third-order valence-corrected chi connectivity index (χ3v) is 10.5. The molecule has 8 N–H and O–H groups in total. The Morgan fingerprint density at radius 1 is 1.02 bits per heavy atom. The van der Waals surface area contributed by atoms with Crippen molar-refractivity contribution in [3.63, 3.8) is 0 Å². The number of hydrogen-bond donors (Lipinski definition) is 7. The molecule has 4 unspecified atom stereocenters. The van der Waals surface area contributed by atoms with E-state index in [1.54, 1.807) is 0 Å². The van der Waals surface area contributed by atoms with E-state index in [-0.39, 0.29) is 30.0 Å². The van der Waals surface area contributed by atoms with Crippen LogP contribution >= 0.6 is 0 Å². The van der Waals surface area contributed by atoms with Crippen molar-refractivity contribution in [1.82, 2.24) is 25.3 Å². The van der Waals surface area contributed by atoms with E-state index in [0.717, 1.165) is 19.5 Å². The highest BCUT2D eigenvalue weighted by atomic mass is 16.6. The minimum Gasteiger partial charge on any atom is -0.387 e. The normalized spacial score (nSPS) is 38.7. The van der Waals surface area contributed by atoms with Gasteiger partial charge in [-0.15, -0.1) is 0 Å². The molecule has 236 valence electrons. The SMILES string of the molecule is CCN1CNC(N)C2NCN([C@@H]3O[C@H](CN(CC)[C@H]4C[C@@H](CCC5Nc6ccc(C(C)(C)C)cc6N5)C4)[C@@H](O)[C@H]3O)C21. The highest BCUT2D eigenvalue weighted by molar-refractivity contribution is 5.75. The Morgan fingerprint density at radius 3 is 2.50 bits per heavy atom. The van der Waals surface area contributed by atoms with Crippen LogP contribution in [0.25, 0.3) is 0 Å². The fourth-order valence-corrected chi connectivity index (χ4v) is 7.72. The van der Waals surface area contributed by atoms with Crippen molar-refractivity contribution in [2.75, 3.05) is 43.6 Å². The van der Waals surface area contributed by atoms with Gasteiger partial charge in [0, 0.05) is 12.6 Å². The maximum atomic E-state index is 11.1. The van der Waals surface area contributed by atoms with E-state index < -0.39 is 24.5 Å². The second-order valence-electron chi connectivity index (χ2n) is 14.2. The number of fused-ring (bicyclic) bond motifs is 2. The van der Waals surface area contributed by atoms with Crippen molar-refractivity contribution in [3.8, 4) is 0 Å². The number of nitrogens with one attached hydrogen (secondary N) is 4. The lowest BCUT2D eigenvalue weighted by atomic mass is 9.76. The van der Waals surface area contributed by atoms with Crippen LogP contribution in [-0.2, 0) is 10.2 Å². The topological polar surface area (TPSA) is 134 Å². The molecule has 4 fully saturated rings. The zero-order valence-electron chi connectivity index (χ0n) is 26.1. The maximum Gasteiger partial charge on any atom is 0.142 e. The molecule has 3 saturated heterocycles. The molecule has 0 radical (unpaired) electrons. The molecular formula is C31H54N8O3. The van der Waals surface area contributed by atoms with E-state index in [4.69, 9.17) is 10.5 Å². The van der Waals surface area contributed by atoms with Crippen LogP contribution in [0.4, 0.5) is 11.4 Å². The van der Waals surface area contributed by atoms with E-state index in [1.165, 1.54) is 36.2 Å². The average Bonchev–Trinajstić information content (AvgIpc) is 3.63. The van der Waals surface area contributed by atoms with Crippen LogP contribution in [0.2, 0.25) is 0 Å². The van der Waals surface area contributed by atoms with Gasteiger partial charge in [-0.25, -0.2) is 4.90 Å². The Labute approximate surface area is 251 Å². The Bertz CT molecular complexity index is 1080. The molecule has 0 amide bonds. The molecule has 0 spiro atoms. The zero-order chi connectivity index (χ0) is 29.8. The number of hydrogen-bond acceptors (Lipinski definition) is 11. The van der Waals surface area contributed by atoms with Gasteiger partial charge in [0.05, 0.1) is 49.3 Å². The van der Waals surface area contributed by atoms with Gasteiger partial charge in [-0.2, -0.15) is 0 Å². The van der Waals surface area contributed by atoms with Crippen LogP contribution in [0, 0.1) is 5.92 Å². The Kier molecular flexibility index (Phi) is 8.78. The number of nitrogens with zero attached hydrogens (tertiary/aromatic N) is 3. The van der Waals surface area contributed by atoms with Gasteiger partial charge >= 0.3 is 0 Å². The first-order valence-corrected chi connectivity index (χ1v) is 16.2. The standard InChI is InChI=1S/C31H54N8O3/c1-6-37(20-12-18(13-20)8-11-24-35-21-10-9-19(31(3,4)5)14-22(21)36-24)15-23-26(40)27(41)30(42-23)39-17-33-25-28(32)34-16-38(7-2)29(25)39/h9-10,14,18,20,23-30,33-36,40-41H,6-8,11-13,15-17,32H2,1-5H3/t18-,20+,23-,24?,25?,26-,27-,28?,29?,30-/m1/s1. The van der Waals surface area contributed by atoms with Gasteiger partial charge in [0.25, 0.3) is 0 Å². The first-order valence-electron chi connectivity index (χ1n) is 16.2. The summed E-state index contributed by atoms with van der Waals surface area (Å²) < 4.78 is 6.44. The molecule has 1 aliphatic carbocycles. The van der Waals surface area contributed by atoms with Crippen LogP contribution in [0.1, 0.15) is 65.9 Å². The van der Waals surface area contributed by atoms with E-state index in [1.807, 2.05) is 0 Å². The predicted octanol–water partition coefficient (Wildman–Crippen LogP) is 1.20. The molecule has 1 aromatic rings. The molecule has 0 aromatic heterocycles. The van der Waals surface area contributed by atoms with Gasteiger partial charge in [0.2, 0.25) is 0 Å². The Morgan fingerprint density at radius 2 is 1.79 bits per heavy atom. The molecule has 42 heavy (non-hydrogen) atoms. The molecule has 8 atom stereocenters. The number of aliphatic hydroxyl groups is 2. The Balaban J connectivity index is 0.979. The van der Waals surface area contributed by atoms with Crippen molar-refractivity contribution in [3.05, 3.63) is 23.8 Å². The molecule has 4 aliphatic heterocycles. The van der Waals surface area contributed by atoms with E-state index in [9.17, 15) is 10.2 Å². The highest BCUT2D eigenvalue weighted by Gasteiger charge is 2.53. The van der Waals surface area contributed by atoms with Crippen LogP contribution in [0.5, 0.6) is 0 Å². The molecular weight excluding hydrogens is 532 g/mol. The fraction of sp³-hybridized carbons (Fsp3) is 0.806. The number of anilines is 2. The van der Waals surface area contributed by atoms with Gasteiger partial charge in [0.15, 0.2) is 0 Å². The third-order valence-electron chi connectivity index (χ3n) is 10.5. The van der Waals surface area contributed by atoms with E-state index in [0.29, 0.717) is 31.8 Å². The number of ether oxygens (including phenoxy) is 1. The van der Waals surface area contributed by atoms with Gasteiger partial charge in [-0.05, 0) is 67.8 Å². The number of likely N-dealkylation sites (N-methyl/N-ethyl adjacent to an activating group) is 2. The van der Waals surface area contributed by atoms with Crippen LogP contribution in [-0.4, -0.2) is 113 Å². The molecule has 1 aromatic carbocycles. The van der Waals surface area contributed by atoms with Crippen LogP contribution < -0.4 is 27.0 Å². The van der Waals surface area contributed by atoms with Gasteiger partial charge in [-0.3, -0.25) is 20.4 Å². The van der Waals surface area contributed by atoms with E-state index >= 15 is 0 Å². The van der Waals surface area contributed by atoms with Gasteiger partial charge in [-0.1, -0.05) is 40.7 Å². The molecule has 1 saturated carbocycles. The lowest BCUT2D eigenvalue weighted by Crippen LogP contribution is -2.69. The summed E-state index contributed by atoms with van der Waals surface area (Å²) in [5.74, 6) is 0.714. The minimum absolute atomic E-state index is 0.0173. The van der Waals surface area contributed by atoms with Crippen molar-refractivity contribution >= 4 is 11.4 Å². The highest BCUT2D eigenvalue weighted by Crippen LogP contribution is 2.39. The largest absolute Gasteiger partial charge is 0.387 e. The summed E-state index contributed by atoms with van der Waals surface area (Å²) in [6.07, 6.45) is 1.93. The van der Waals surface area contributed by atoms with Crippen molar-refractivity contribution in [1.29, 1.82) is 0 Å². The second kappa shape index (κ2) is 12.1. The predicted molar refractivity (Wildman–Crippen MR) is 166 cm³/mol. The van der Waals surface area contributed by atoms with Crippen molar-refractivity contribution in [2.24, 2.45) is 11.7 Å². The average molecular weight is 587 g/mol. The molecule has 0 bridgehead atoms. The smallest absolute Gasteiger partial charge is 0.142 e. The van der Waals surface area contributed by atoms with Crippen LogP contribution in [0.3, 0.4) is 0 Å². The summed E-state index contributed by atoms with van der Waals surface area (Å²) >= 11 is 0. The number of aliphatic hydroxyl groups excluding tert-OH is 2. The maximum absolute atomic E-state index is 11.1. The third kappa shape index (κ3) is 5.80.